The molecule has 2 aromatic rings. The monoisotopic (exact) mass is 250 g/mol. The van der Waals surface area contributed by atoms with Crippen molar-refractivity contribution in [3.8, 4) is 5.88 Å². The molecule has 17 heavy (non-hydrogen) atoms. The first-order valence-electron chi connectivity index (χ1n) is 5.60. The van der Waals surface area contributed by atoms with Crippen LogP contribution in [0, 0.1) is 6.92 Å². The van der Waals surface area contributed by atoms with E-state index in [1.807, 2.05) is 49.0 Å². The predicted molar refractivity (Wildman–Crippen MR) is 68.4 cm³/mol. The largest absolute Gasteiger partial charge is 0.473 e. The van der Waals surface area contributed by atoms with Crippen molar-refractivity contribution >= 4 is 11.6 Å². The molecule has 1 aromatic carbocycles. The maximum Gasteiger partial charge on any atom is 0.215 e. The predicted octanol–water partition coefficient (Wildman–Crippen LogP) is 3.44. The normalized spacial score (nSPS) is 10.5. The standard InChI is InChI=1S/C13H15ClN2O/c1-3-16-13(10(2)8-15-16)17-9-11-5-4-6-12(14)7-11/h4-8H,3,9H2,1-2H3. The van der Waals surface area contributed by atoms with Crippen molar-refractivity contribution in [2.24, 2.45) is 0 Å². The van der Waals surface area contributed by atoms with Crippen molar-refractivity contribution < 1.29 is 4.74 Å². The molecule has 0 atom stereocenters. The highest BCUT2D eigenvalue weighted by molar-refractivity contribution is 6.30. The fraction of sp³-hybridized carbons (Fsp3) is 0.308. The van der Waals surface area contributed by atoms with Gasteiger partial charge in [0.1, 0.15) is 6.61 Å². The second kappa shape index (κ2) is 5.23. The lowest BCUT2D eigenvalue weighted by Crippen LogP contribution is -2.04. The molecule has 3 nitrogen and oxygen atoms in total. The zero-order valence-electron chi connectivity index (χ0n) is 9.98. The molecule has 0 saturated heterocycles. The third-order valence-corrected chi connectivity index (χ3v) is 2.76. The number of nitrogens with zero attached hydrogens (tertiary/aromatic N) is 2. The maximum atomic E-state index is 5.92. The number of rotatable bonds is 4. The van der Waals surface area contributed by atoms with E-state index in [4.69, 9.17) is 16.3 Å². The lowest BCUT2D eigenvalue weighted by atomic mass is 10.2. The van der Waals surface area contributed by atoms with Gasteiger partial charge in [-0.2, -0.15) is 5.10 Å². The molecular weight excluding hydrogens is 236 g/mol. The van der Waals surface area contributed by atoms with Crippen LogP contribution in [0.15, 0.2) is 30.5 Å². The molecular formula is C13H15ClN2O. The topological polar surface area (TPSA) is 27.1 Å². The van der Waals surface area contributed by atoms with Crippen LogP contribution >= 0.6 is 11.6 Å². The summed E-state index contributed by atoms with van der Waals surface area (Å²) in [5.41, 5.74) is 2.11. The summed E-state index contributed by atoms with van der Waals surface area (Å²) in [5, 5.41) is 4.96. The molecule has 0 radical (unpaired) electrons. The zero-order chi connectivity index (χ0) is 12.3. The Kier molecular flexibility index (Phi) is 3.69. The van der Waals surface area contributed by atoms with E-state index < -0.39 is 0 Å². The van der Waals surface area contributed by atoms with Gasteiger partial charge in [0.25, 0.3) is 0 Å². The number of aromatic nitrogens is 2. The van der Waals surface area contributed by atoms with E-state index >= 15 is 0 Å². The van der Waals surface area contributed by atoms with Crippen LogP contribution in [0.1, 0.15) is 18.1 Å². The van der Waals surface area contributed by atoms with Gasteiger partial charge in [0, 0.05) is 17.1 Å². The highest BCUT2D eigenvalue weighted by Gasteiger charge is 2.07. The van der Waals surface area contributed by atoms with Gasteiger partial charge in [-0.25, -0.2) is 4.68 Å². The fourth-order valence-electron chi connectivity index (χ4n) is 1.66. The third kappa shape index (κ3) is 2.80. The van der Waals surface area contributed by atoms with Gasteiger partial charge in [-0.1, -0.05) is 23.7 Å². The molecule has 0 N–H and O–H groups in total. The molecule has 0 saturated carbocycles. The van der Waals surface area contributed by atoms with Crippen LogP contribution in [0.25, 0.3) is 0 Å². The Morgan fingerprint density at radius 3 is 2.94 bits per heavy atom. The average molecular weight is 251 g/mol. The molecule has 1 aromatic heterocycles. The minimum absolute atomic E-state index is 0.507. The summed E-state index contributed by atoms with van der Waals surface area (Å²) >= 11 is 5.92. The summed E-state index contributed by atoms with van der Waals surface area (Å²) in [6.45, 7) is 5.34. The summed E-state index contributed by atoms with van der Waals surface area (Å²) < 4.78 is 7.63. The van der Waals surface area contributed by atoms with Crippen molar-refractivity contribution in [1.29, 1.82) is 0 Å². The molecule has 0 bridgehead atoms. The molecule has 0 amide bonds. The second-order valence-corrected chi connectivity index (χ2v) is 4.30. The van der Waals surface area contributed by atoms with E-state index in [-0.39, 0.29) is 0 Å². The third-order valence-electron chi connectivity index (χ3n) is 2.53. The second-order valence-electron chi connectivity index (χ2n) is 3.87. The highest BCUT2D eigenvalue weighted by Crippen LogP contribution is 2.19. The number of hydrogen-bond acceptors (Lipinski definition) is 2. The molecule has 0 aliphatic rings. The van der Waals surface area contributed by atoms with Gasteiger partial charge in [0.05, 0.1) is 6.20 Å². The van der Waals surface area contributed by atoms with E-state index in [0.717, 1.165) is 28.6 Å². The van der Waals surface area contributed by atoms with Crippen molar-refractivity contribution in [3.63, 3.8) is 0 Å². The molecule has 0 aliphatic carbocycles. The Balaban J connectivity index is 2.09. The van der Waals surface area contributed by atoms with Gasteiger partial charge in [0.15, 0.2) is 0 Å². The Morgan fingerprint density at radius 1 is 1.41 bits per heavy atom. The van der Waals surface area contributed by atoms with E-state index in [0.29, 0.717) is 6.61 Å². The van der Waals surface area contributed by atoms with Crippen LogP contribution in [0.3, 0.4) is 0 Å². The maximum absolute atomic E-state index is 5.92. The quantitative estimate of drug-likeness (QED) is 0.831. The Bertz CT molecular complexity index is 508. The molecule has 1 heterocycles. The minimum atomic E-state index is 0.507. The molecule has 0 unspecified atom stereocenters. The van der Waals surface area contributed by atoms with Gasteiger partial charge in [-0.05, 0) is 31.5 Å². The molecule has 90 valence electrons. The highest BCUT2D eigenvalue weighted by atomic mass is 35.5. The lowest BCUT2D eigenvalue weighted by Gasteiger charge is -2.09. The molecule has 0 aliphatic heterocycles. The summed E-state index contributed by atoms with van der Waals surface area (Å²) in [5.74, 6) is 0.826. The molecule has 2 rings (SSSR count). The summed E-state index contributed by atoms with van der Waals surface area (Å²) in [7, 11) is 0. The molecule has 0 spiro atoms. The van der Waals surface area contributed by atoms with Crippen LogP contribution in [-0.4, -0.2) is 9.78 Å². The summed E-state index contributed by atoms with van der Waals surface area (Å²) in [4.78, 5) is 0. The van der Waals surface area contributed by atoms with Crippen molar-refractivity contribution in [2.75, 3.05) is 0 Å². The van der Waals surface area contributed by atoms with Gasteiger partial charge < -0.3 is 4.74 Å². The smallest absolute Gasteiger partial charge is 0.215 e. The number of benzene rings is 1. The Labute approximate surface area is 106 Å². The van der Waals surface area contributed by atoms with Crippen LogP contribution in [0.5, 0.6) is 5.88 Å². The first kappa shape index (κ1) is 12.0. The van der Waals surface area contributed by atoms with Crippen molar-refractivity contribution in [1.82, 2.24) is 9.78 Å². The van der Waals surface area contributed by atoms with Gasteiger partial charge >= 0.3 is 0 Å². The zero-order valence-corrected chi connectivity index (χ0v) is 10.7. The van der Waals surface area contributed by atoms with E-state index in [1.54, 1.807) is 0 Å². The van der Waals surface area contributed by atoms with Gasteiger partial charge in [0.2, 0.25) is 5.88 Å². The number of halogens is 1. The Hall–Kier alpha value is -1.48. The van der Waals surface area contributed by atoms with Crippen LogP contribution in [0.4, 0.5) is 0 Å². The summed E-state index contributed by atoms with van der Waals surface area (Å²) in [6.07, 6.45) is 1.82. The van der Waals surface area contributed by atoms with Crippen LogP contribution in [0.2, 0.25) is 5.02 Å². The van der Waals surface area contributed by atoms with Crippen molar-refractivity contribution in [3.05, 3.63) is 46.6 Å². The molecule has 4 heteroatoms. The SMILES string of the molecule is CCn1ncc(C)c1OCc1cccc(Cl)c1. The van der Waals surface area contributed by atoms with E-state index in [1.165, 1.54) is 0 Å². The summed E-state index contributed by atoms with van der Waals surface area (Å²) in [6, 6.07) is 7.68. The van der Waals surface area contributed by atoms with Crippen molar-refractivity contribution in [2.45, 2.75) is 27.0 Å². The first-order chi connectivity index (χ1) is 8.20. The minimum Gasteiger partial charge on any atom is -0.473 e. The number of aryl methyl sites for hydroxylation is 2. The van der Waals surface area contributed by atoms with Gasteiger partial charge in [-0.3, -0.25) is 0 Å². The van der Waals surface area contributed by atoms with E-state index in [9.17, 15) is 0 Å². The van der Waals surface area contributed by atoms with Crippen LogP contribution < -0.4 is 4.74 Å². The number of hydrogen-bond donors (Lipinski definition) is 0. The first-order valence-corrected chi connectivity index (χ1v) is 5.98. The van der Waals surface area contributed by atoms with Gasteiger partial charge in [-0.15, -0.1) is 0 Å². The molecule has 0 fully saturated rings. The average Bonchev–Trinajstić information content (AvgIpc) is 2.67. The Morgan fingerprint density at radius 2 is 2.24 bits per heavy atom. The number of ether oxygens (including phenoxy) is 1. The van der Waals surface area contributed by atoms with Crippen LogP contribution in [-0.2, 0) is 13.2 Å². The fourth-order valence-corrected chi connectivity index (χ4v) is 1.87. The van der Waals surface area contributed by atoms with E-state index in [2.05, 4.69) is 5.10 Å². The lowest BCUT2D eigenvalue weighted by molar-refractivity contribution is 0.272.